The number of benzene rings is 2. The van der Waals surface area contributed by atoms with Crippen molar-refractivity contribution >= 4 is 22.6 Å². The van der Waals surface area contributed by atoms with Gasteiger partial charge in [-0.15, -0.1) is 0 Å². The van der Waals surface area contributed by atoms with Crippen LogP contribution in [0.1, 0.15) is 43.5 Å². The number of fused-ring (bicyclic) bond motifs is 1. The summed E-state index contributed by atoms with van der Waals surface area (Å²) in [5, 5.41) is 0.765. The Hall–Kier alpha value is -2.11. The van der Waals surface area contributed by atoms with Gasteiger partial charge in [0.25, 0.3) is 0 Å². The number of hydrogen-bond acceptors (Lipinski definition) is 3. The quantitative estimate of drug-likeness (QED) is 0.448. The smallest absolute Gasteiger partial charge is 0.167 e. The van der Waals surface area contributed by atoms with Crippen molar-refractivity contribution in [2.75, 3.05) is 19.7 Å². The van der Waals surface area contributed by atoms with E-state index in [0.29, 0.717) is 18.4 Å². The highest BCUT2D eigenvalue weighted by molar-refractivity contribution is 6.30. The lowest BCUT2D eigenvalue weighted by Crippen LogP contribution is -2.33. The third-order valence-corrected chi connectivity index (χ3v) is 7.18. The molecule has 1 saturated heterocycles. The minimum atomic E-state index is -0.546. The lowest BCUT2D eigenvalue weighted by Gasteiger charge is -2.32. The van der Waals surface area contributed by atoms with Crippen molar-refractivity contribution in [3.05, 3.63) is 58.9 Å². The van der Waals surface area contributed by atoms with E-state index >= 15 is 0 Å². The molecule has 4 nitrogen and oxygen atoms in total. The van der Waals surface area contributed by atoms with Crippen LogP contribution in [-0.2, 0) is 13.3 Å². The second kappa shape index (κ2) is 8.79. The molecule has 2 atom stereocenters. The molecular formula is C25H29ClFN3O. The number of alkyl halides is 1. The van der Waals surface area contributed by atoms with Gasteiger partial charge < -0.3 is 4.74 Å². The first-order chi connectivity index (χ1) is 15.1. The van der Waals surface area contributed by atoms with E-state index in [9.17, 15) is 4.39 Å². The van der Waals surface area contributed by atoms with Gasteiger partial charge in [0, 0.05) is 5.02 Å². The lowest BCUT2D eigenvalue weighted by atomic mass is 9.88. The average Bonchev–Trinajstić information content (AvgIpc) is 3.38. The van der Waals surface area contributed by atoms with Crippen molar-refractivity contribution in [2.24, 2.45) is 11.8 Å². The van der Waals surface area contributed by atoms with Crippen LogP contribution in [0.25, 0.3) is 11.0 Å². The van der Waals surface area contributed by atoms with Gasteiger partial charge >= 0.3 is 0 Å². The fourth-order valence-corrected chi connectivity index (χ4v) is 4.96. The fourth-order valence-electron chi connectivity index (χ4n) is 4.78. The normalized spacial score (nSPS) is 22.2. The summed E-state index contributed by atoms with van der Waals surface area (Å²) in [6.45, 7) is 5.11. The van der Waals surface area contributed by atoms with E-state index in [0.717, 1.165) is 66.1 Å². The number of rotatable bonds is 7. The second-order valence-corrected chi connectivity index (χ2v) is 9.52. The largest absolute Gasteiger partial charge is 0.493 e. The van der Waals surface area contributed by atoms with Crippen LogP contribution in [0.2, 0.25) is 5.02 Å². The first-order valence-electron chi connectivity index (χ1n) is 11.3. The number of aromatic nitrogens is 2. The number of ether oxygens (including phenoxy) is 1. The zero-order chi connectivity index (χ0) is 21.4. The van der Waals surface area contributed by atoms with Gasteiger partial charge in [-0.3, -0.25) is 9.47 Å². The molecule has 0 amide bonds. The molecule has 3 aromatic rings. The molecule has 2 aliphatic rings. The summed E-state index contributed by atoms with van der Waals surface area (Å²) in [6.07, 6.45) is 3.34. The molecule has 2 aromatic carbocycles. The molecular weight excluding hydrogens is 413 g/mol. The Morgan fingerprint density at radius 2 is 1.94 bits per heavy atom. The van der Waals surface area contributed by atoms with Gasteiger partial charge in [-0.2, -0.15) is 0 Å². The average molecular weight is 442 g/mol. The molecule has 164 valence electrons. The lowest BCUT2D eigenvalue weighted by molar-refractivity contribution is 0.193. The molecule has 1 aliphatic heterocycles. The predicted molar refractivity (Wildman–Crippen MR) is 122 cm³/mol. The summed E-state index contributed by atoms with van der Waals surface area (Å²) in [7, 11) is 0. The van der Waals surface area contributed by atoms with Gasteiger partial charge in [0.2, 0.25) is 0 Å². The van der Waals surface area contributed by atoms with E-state index in [1.165, 1.54) is 12.0 Å². The molecule has 5 rings (SSSR count). The van der Waals surface area contributed by atoms with Crippen LogP contribution in [0.15, 0.2) is 42.5 Å². The highest BCUT2D eigenvalue weighted by Gasteiger charge is 2.33. The van der Waals surface area contributed by atoms with E-state index in [1.807, 2.05) is 36.4 Å². The summed E-state index contributed by atoms with van der Waals surface area (Å²) < 4.78 is 21.6. The van der Waals surface area contributed by atoms with E-state index in [4.69, 9.17) is 16.3 Å². The van der Waals surface area contributed by atoms with Gasteiger partial charge in [0.05, 0.1) is 24.2 Å². The number of halogens is 2. The number of imidazole rings is 1. The first-order valence-corrected chi connectivity index (χ1v) is 11.6. The van der Waals surface area contributed by atoms with Crippen molar-refractivity contribution in [1.82, 2.24) is 14.5 Å². The third kappa shape index (κ3) is 4.44. The number of likely N-dealkylation sites (tertiary alicyclic amines) is 1. The number of para-hydroxylation sites is 2. The standard InChI is InChI=1S/C25H29ClFN3O/c1-17-12-19(17)15-31-24-7-6-20(26)13-21(24)18-8-10-29(11-9-18)14-25-28-22-4-2-3-5-23(22)30(25)16-27/h2-7,13,17-19H,8-12,14-16H2,1H3. The van der Waals surface area contributed by atoms with E-state index < -0.39 is 6.80 Å². The highest BCUT2D eigenvalue weighted by atomic mass is 35.5. The molecule has 2 heterocycles. The molecule has 0 bridgehead atoms. The maximum absolute atomic E-state index is 13.7. The van der Waals surface area contributed by atoms with E-state index in [-0.39, 0.29) is 0 Å². The maximum atomic E-state index is 13.7. The molecule has 2 unspecified atom stereocenters. The summed E-state index contributed by atoms with van der Waals surface area (Å²) in [5.74, 6) is 3.70. The van der Waals surface area contributed by atoms with Gasteiger partial charge in [0.15, 0.2) is 6.80 Å². The molecule has 6 heteroatoms. The van der Waals surface area contributed by atoms with Crippen LogP contribution in [-0.4, -0.2) is 34.1 Å². The summed E-state index contributed by atoms with van der Waals surface area (Å²) in [4.78, 5) is 7.05. The van der Waals surface area contributed by atoms with Crippen LogP contribution in [0.5, 0.6) is 5.75 Å². The number of hydrogen-bond donors (Lipinski definition) is 0. The van der Waals surface area contributed by atoms with Crippen molar-refractivity contribution in [3.63, 3.8) is 0 Å². The number of piperidine rings is 1. The Kier molecular flexibility index (Phi) is 5.89. The molecule has 0 radical (unpaired) electrons. The zero-order valence-corrected chi connectivity index (χ0v) is 18.7. The molecule has 1 aromatic heterocycles. The molecule has 1 saturated carbocycles. The van der Waals surface area contributed by atoms with Crippen LogP contribution in [0.3, 0.4) is 0 Å². The molecule has 0 spiro atoms. The highest BCUT2D eigenvalue weighted by Crippen LogP contribution is 2.40. The molecule has 2 fully saturated rings. The van der Waals surface area contributed by atoms with Crippen molar-refractivity contribution in [2.45, 2.75) is 45.4 Å². The fraction of sp³-hybridized carbons (Fsp3) is 0.480. The molecule has 0 N–H and O–H groups in total. The topological polar surface area (TPSA) is 30.3 Å². The molecule has 31 heavy (non-hydrogen) atoms. The van der Waals surface area contributed by atoms with Crippen molar-refractivity contribution < 1.29 is 9.13 Å². The summed E-state index contributed by atoms with van der Waals surface area (Å²) in [6, 6.07) is 13.8. The van der Waals surface area contributed by atoms with Gasteiger partial charge in [-0.05, 0) is 86.0 Å². The Morgan fingerprint density at radius 3 is 2.68 bits per heavy atom. The third-order valence-electron chi connectivity index (χ3n) is 6.95. The first kappa shape index (κ1) is 20.8. The Labute approximate surface area is 188 Å². The minimum Gasteiger partial charge on any atom is -0.493 e. The predicted octanol–water partition coefficient (Wildman–Crippen LogP) is 6.03. The Balaban J connectivity index is 1.25. The van der Waals surface area contributed by atoms with Crippen molar-refractivity contribution in [3.8, 4) is 5.75 Å². The maximum Gasteiger partial charge on any atom is 0.167 e. The molecule has 1 aliphatic carbocycles. The number of nitrogens with zero attached hydrogens (tertiary/aromatic N) is 3. The van der Waals surface area contributed by atoms with Gasteiger partial charge in [-0.25, -0.2) is 9.37 Å². The summed E-state index contributed by atoms with van der Waals surface area (Å²) >= 11 is 6.33. The zero-order valence-electron chi connectivity index (χ0n) is 17.9. The van der Waals surface area contributed by atoms with Crippen LogP contribution < -0.4 is 4.74 Å². The van der Waals surface area contributed by atoms with Crippen LogP contribution in [0.4, 0.5) is 4.39 Å². The van der Waals surface area contributed by atoms with E-state index in [2.05, 4.69) is 22.9 Å². The Bertz CT molecular complexity index is 1060. The van der Waals surface area contributed by atoms with Crippen molar-refractivity contribution in [1.29, 1.82) is 0 Å². The van der Waals surface area contributed by atoms with Crippen LogP contribution in [0, 0.1) is 11.8 Å². The Morgan fingerprint density at radius 1 is 1.16 bits per heavy atom. The van der Waals surface area contributed by atoms with Gasteiger partial charge in [0.1, 0.15) is 11.6 Å². The van der Waals surface area contributed by atoms with Crippen LogP contribution >= 0.6 is 11.6 Å². The summed E-state index contributed by atoms with van der Waals surface area (Å²) in [5.41, 5.74) is 2.95. The second-order valence-electron chi connectivity index (χ2n) is 9.08. The monoisotopic (exact) mass is 441 g/mol. The SMILES string of the molecule is CC1CC1COc1ccc(Cl)cc1C1CCN(Cc2nc3ccccc3n2CF)CC1. The minimum absolute atomic E-state index is 0.432. The van der Waals surface area contributed by atoms with E-state index in [1.54, 1.807) is 4.57 Å². The van der Waals surface area contributed by atoms with Gasteiger partial charge in [-0.1, -0.05) is 30.7 Å².